The second kappa shape index (κ2) is 6.29. The molecule has 0 spiro atoms. The summed E-state index contributed by atoms with van der Waals surface area (Å²) in [6.07, 6.45) is 2.04. The van der Waals surface area contributed by atoms with Gasteiger partial charge in [-0.15, -0.1) is 0 Å². The molecule has 0 fully saturated rings. The number of aryl methyl sites for hydroxylation is 1. The standard InChI is InChI=1S/C14H16N4OS/c1-9-12(8-17-18-9)7-16-13(19)6-10-2-4-11(5-3-10)14(15)20/h2-5,8H,6-7H2,1H3,(H2,15,20)(H,16,19)(H,17,18). The van der Waals surface area contributed by atoms with Gasteiger partial charge in [-0.25, -0.2) is 0 Å². The molecule has 2 aromatic rings. The quantitative estimate of drug-likeness (QED) is 0.722. The van der Waals surface area contributed by atoms with E-state index in [1.807, 2.05) is 31.2 Å². The number of thiocarbonyl (C=S) groups is 1. The highest BCUT2D eigenvalue weighted by atomic mass is 32.1. The Hall–Kier alpha value is -2.21. The molecule has 1 aromatic carbocycles. The number of carbonyl (C=O) groups is 1. The summed E-state index contributed by atoms with van der Waals surface area (Å²) in [6, 6.07) is 7.37. The number of benzene rings is 1. The monoisotopic (exact) mass is 288 g/mol. The molecule has 1 heterocycles. The van der Waals surface area contributed by atoms with Gasteiger partial charge in [0.25, 0.3) is 0 Å². The van der Waals surface area contributed by atoms with Crippen molar-refractivity contribution in [2.75, 3.05) is 0 Å². The summed E-state index contributed by atoms with van der Waals surface area (Å²) < 4.78 is 0. The average molecular weight is 288 g/mol. The average Bonchev–Trinajstić information content (AvgIpc) is 2.82. The van der Waals surface area contributed by atoms with Crippen molar-refractivity contribution in [3.63, 3.8) is 0 Å². The molecule has 5 nitrogen and oxygen atoms in total. The van der Waals surface area contributed by atoms with Crippen LogP contribution in [0.4, 0.5) is 0 Å². The van der Waals surface area contributed by atoms with E-state index >= 15 is 0 Å². The number of aromatic amines is 1. The number of nitrogens with zero attached hydrogens (tertiary/aromatic N) is 1. The molecule has 0 aliphatic heterocycles. The minimum atomic E-state index is -0.0336. The molecule has 1 amide bonds. The molecule has 0 aliphatic rings. The maximum atomic E-state index is 11.8. The second-order valence-corrected chi connectivity index (χ2v) is 4.97. The van der Waals surface area contributed by atoms with E-state index in [2.05, 4.69) is 15.5 Å². The van der Waals surface area contributed by atoms with Crippen LogP contribution < -0.4 is 11.1 Å². The normalized spacial score (nSPS) is 10.2. The molecule has 4 N–H and O–H groups in total. The van der Waals surface area contributed by atoms with Gasteiger partial charge >= 0.3 is 0 Å². The van der Waals surface area contributed by atoms with Crippen molar-refractivity contribution in [2.45, 2.75) is 19.9 Å². The Morgan fingerprint density at radius 2 is 2.10 bits per heavy atom. The van der Waals surface area contributed by atoms with Crippen LogP contribution in [-0.2, 0) is 17.8 Å². The van der Waals surface area contributed by atoms with Gasteiger partial charge in [0.2, 0.25) is 5.91 Å². The fourth-order valence-corrected chi connectivity index (χ4v) is 1.92. The minimum Gasteiger partial charge on any atom is -0.389 e. The maximum absolute atomic E-state index is 11.8. The first kappa shape index (κ1) is 14.2. The number of nitrogens with one attached hydrogen (secondary N) is 2. The van der Waals surface area contributed by atoms with Crippen LogP contribution in [0.5, 0.6) is 0 Å². The van der Waals surface area contributed by atoms with Gasteiger partial charge in [0, 0.05) is 23.4 Å². The van der Waals surface area contributed by atoms with Crippen LogP contribution in [0.3, 0.4) is 0 Å². The van der Waals surface area contributed by atoms with Crippen molar-refractivity contribution >= 4 is 23.1 Å². The Morgan fingerprint density at radius 3 is 2.65 bits per heavy atom. The van der Waals surface area contributed by atoms with Crippen LogP contribution in [0.15, 0.2) is 30.5 Å². The van der Waals surface area contributed by atoms with E-state index in [1.54, 1.807) is 6.20 Å². The molecule has 0 unspecified atom stereocenters. The molecule has 0 aliphatic carbocycles. The molecule has 0 saturated carbocycles. The van der Waals surface area contributed by atoms with E-state index in [0.29, 0.717) is 18.0 Å². The van der Waals surface area contributed by atoms with Gasteiger partial charge in [-0.1, -0.05) is 36.5 Å². The number of H-pyrrole nitrogens is 1. The van der Waals surface area contributed by atoms with Gasteiger partial charge in [0.05, 0.1) is 12.6 Å². The Morgan fingerprint density at radius 1 is 1.40 bits per heavy atom. The lowest BCUT2D eigenvalue weighted by Crippen LogP contribution is -2.24. The fourth-order valence-electron chi connectivity index (χ4n) is 1.78. The summed E-state index contributed by atoms with van der Waals surface area (Å²) in [4.78, 5) is 12.2. The van der Waals surface area contributed by atoms with E-state index in [4.69, 9.17) is 18.0 Å². The van der Waals surface area contributed by atoms with Crippen molar-refractivity contribution < 1.29 is 4.79 Å². The zero-order valence-electron chi connectivity index (χ0n) is 11.1. The molecule has 2 rings (SSSR count). The van der Waals surface area contributed by atoms with Crippen molar-refractivity contribution in [1.29, 1.82) is 0 Å². The van der Waals surface area contributed by atoms with Gasteiger partial charge in [0.1, 0.15) is 4.99 Å². The molecule has 20 heavy (non-hydrogen) atoms. The first-order chi connectivity index (χ1) is 9.56. The summed E-state index contributed by atoms with van der Waals surface area (Å²) in [7, 11) is 0. The predicted molar refractivity (Wildman–Crippen MR) is 81.2 cm³/mol. The van der Waals surface area contributed by atoms with E-state index in [1.165, 1.54) is 0 Å². The zero-order valence-corrected chi connectivity index (χ0v) is 12.0. The third kappa shape index (κ3) is 3.64. The van der Waals surface area contributed by atoms with Crippen LogP contribution in [0.25, 0.3) is 0 Å². The predicted octanol–water partition coefficient (Wildman–Crippen LogP) is 1.21. The SMILES string of the molecule is Cc1[nH]ncc1CNC(=O)Cc1ccc(C(N)=S)cc1. The highest BCUT2D eigenvalue weighted by Gasteiger charge is 2.06. The first-order valence-corrected chi connectivity index (χ1v) is 6.61. The minimum absolute atomic E-state index is 0.0336. The third-order valence-corrected chi connectivity index (χ3v) is 3.25. The summed E-state index contributed by atoms with van der Waals surface area (Å²) in [5.41, 5.74) is 9.20. The Balaban J connectivity index is 1.88. The van der Waals surface area contributed by atoms with E-state index in [-0.39, 0.29) is 5.91 Å². The van der Waals surface area contributed by atoms with Crippen LogP contribution in [0.1, 0.15) is 22.4 Å². The van der Waals surface area contributed by atoms with Crippen molar-refractivity contribution in [1.82, 2.24) is 15.5 Å². The highest BCUT2D eigenvalue weighted by molar-refractivity contribution is 7.80. The lowest BCUT2D eigenvalue weighted by molar-refractivity contribution is -0.120. The molecule has 0 bridgehead atoms. The van der Waals surface area contributed by atoms with Gasteiger partial charge in [-0.3, -0.25) is 9.89 Å². The van der Waals surface area contributed by atoms with E-state index in [0.717, 1.165) is 22.4 Å². The topological polar surface area (TPSA) is 83.8 Å². The third-order valence-electron chi connectivity index (χ3n) is 3.01. The van der Waals surface area contributed by atoms with Gasteiger partial charge in [-0.05, 0) is 12.5 Å². The van der Waals surface area contributed by atoms with Gasteiger partial charge in [-0.2, -0.15) is 5.10 Å². The maximum Gasteiger partial charge on any atom is 0.224 e. The smallest absolute Gasteiger partial charge is 0.224 e. The summed E-state index contributed by atoms with van der Waals surface area (Å²) in [5, 5.41) is 9.61. The molecular weight excluding hydrogens is 272 g/mol. The van der Waals surface area contributed by atoms with Crippen LogP contribution >= 0.6 is 12.2 Å². The van der Waals surface area contributed by atoms with E-state index < -0.39 is 0 Å². The van der Waals surface area contributed by atoms with Crippen LogP contribution in [0.2, 0.25) is 0 Å². The fraction of sp³-hybridized carbons (Fsp3) is 0.214. The Labute approximate surface area is 122 Å². The number of amides is 1. The molecule has 0 saturated heterocycles. The molecule has 104 valence electrons. The second-order valence-electron chi connectivity index (χ2n) is 4.53. The highest BCUT2D eigenvalue weighted by Crippen LogP contribution is 2.06. The van der Waals surface area contributed by atoms with Gasteiger partial charge < -0.3 is 11.1 Å². The number of aromatic nitrogens is 2. The van der Waals surface area contributed by atoms with Crippen LogP contribution in [-0.4, -0.2) is 21.1 Å². The lowest BCUT2D eigenvalue weighted by Gasteiger charge is -2.05. The van der Waals surface area contributed by atoms with Gasteiger partial charge in [0.15, 0.2) is 0 Å². The lowest BCUT2D eigenvalue weighted by atomic mass is 10.1. The van der Waals surface area contributed by atoms with Crippen LogP contribution in [0, 0.1) is 6.92 Å². The summed E-state index contributed by atoms with van der Waals surface area (Å²) in [6.45, 7) is 2.40. The van der Waals surface area contributed by atoms with Crippen molar-refractivity contribution in [2.24, 2.45) is 5.73 Å². The summed E-state index contributed by atoms with van der Waals surface area (Å²) >= 11 is 4.88. The largest absolute Gasteiger partial charge is 0.389 e. The molecule has 0 atom stereocenters. The number of hydrogen-bond acceptors (Lipinski definition) is 3. The van der Waals surface area contributed by atoms with Crippen molar-refractivity contribution in [3.8, 4) is 0 Å². The molecule has 1 aromatic heterocycles. The summed E-state index contributed by atoms with van der Waals surface area (Å²) in [5.74, 6) is -0.0336. The first-order valence-electron chi connectivity index (χ1n) is 6.20. The number of carbonyl (C=O) groups excluding carboxylic acids is 1. The Bertz CT molecular complexity index is 618. The number of hydrogen-bond donors (Lipinski definition) is 3. The Kier molecular flexibility index (Phi) is 4.47. The molecule has 6 heteroatoms. The zero-order chi connectivity index (χ0) is 14.5. The van der Waals surface area contributed by atoms with Crippen molar-refractivity contribution in [3.05, 3.63) is 52.8 Å². The molecule has 0 radical (unpaired) electrons. The number of nitrogens with two attached hydrogens (primary N) is 1. The van der Waals surface area contributed by atoms with E-state index in [9.17, 15) is 4.79 Å². The number of rotatable bonds is 5. The molecular formula is C14H16N4OS.